The number of hydrogen-bond acceptors (Lipinski definition) is 3. The predicted octanol–water partition coefficient (Wildman–Crippen LogP) is 8.10. The molecule has 0 radical (unpaired) electrons. The topological polar surface area (TPSA) is 43.1 Å². The number of para-hydroxylation sites is 2. The van der Waals surface area contributed by atoms with Crippen LogP contribution in [0.2, 0.25) is 0 Å². The average molecular weight is 700 g/mol. The van der Waals surface area contributed by atoms with Crippen molar-refractivity contribution in [2.75, 3.05) is 0 Å². The van der Waals surface area contributed by atoms with E-state index >= 15 is 0 Å². The third kappa shape index (κ3) is 3.89. The molecule has 0 bridgehead atoms. The van der Waals surface area contributed by atoms with Gasteiger partial charge in [0.05, 0.1) is 11.0 Å². The zero-order valence-corrected chi connectivity index (χ0v) is 25.1. The van der Waals surface area contributed by atoms with E-state index in [9.17, 15) is 0 Å². The second-order valence-electron chi connectivity index (χ2n) is 11.2. The van der Waals surface area contributed by atoms with E-state index in [0.29, 0.717) is 0 Å². The first-order valence-corrected chi connectivity index (χ1v) is 13.3. The van der Waals surface area contributed by atoms with Crippen LogP contribution in [-0.4, -0.2) is 19.4 Å². The molecule has 0 saturated carbocycles. The molecule has 7 rings (SSSR count). The Kier molecular flexibility index (Phi) is 6.35. The minimum absolute atomic E-state index is 0. The molecule has 0 N–H and O–H groups in total. The number of fused-ring (bicyclic) bond motifs is 8. The Bertz CT molecular complexity index is 2020. The Hall–Kier alpha value is -3.88. The summed E-state index contributed by atoms with van der Waals surface area (Å²) in [6.45, 7) is 9.18. The van der Waals surface area contributed by atoms with Crippen molar-refractivity contribution in [1.29, 1.82) is 0 Å². The Labute approximate surface area is 248 Å². The average Bonchev–Trinajstić information content (AvgIpc) is 3.37. The molecule has 40 heavy (non-hydrogen) atoms. The van der Waals surface area contributed by atoms with Crippen molar-refractivity contribution >= 4 is 38.5 Å². The van der Waals surface area contributed by atoms with Crippen molar-refractivity contribution in [1.82, 2.24) is 19.4 Å². The summed E-state index contributed by atoms with van der Waals surface area (Å²) in [5.74, 6) is 0. The van der Waals surface area contributed by atoms with Gasteiger partial charge in [-0.25, -0.2) is 4.98 Å². The maximum Gasteiger partial charge on any atom is 2.00 e. The molecule has 0 spiro atoms. The normalized spacial score (nSPS) is 12.3. The Morgan fingerprint density at radius 1 is 0.650 bits per heavy atom. The molecule has 0 amide bonds. The van der Waals surface area contributed by atoms with Crippen LogP contribution in [0.25, 0.3) is 49.7 Å². The van der Waals surface area contributed by atoms with Crippen LogP contribution in [0.1, 0.15) is 38.8 Å². The van der Waals surface area contributed by atoms with E-state index in [1.165, 1.54) is 0 Å². The second kappa shape index (κ2) is 9.64. The molecule has 7 aromatic rings. The molecule has 0 saturated heterocycles. The van der Waals surface area contributed by atoms with Crippen molar-refractivity contribution < 1.29 is 21.1 Å². The molecule has 4 nitrogen and oxygen atoms in total. The van der Waals surface area contributed by atoms with Crippen LogP contribution in [0.4, 0.5) is 0 Å². The summed E-state index contributed by atoms with van der Waals surface area (Å²) in [7, 11) is 0. The number of hydrogen-bond donors (Lipinski definition) is 0. The maximum absolute atomic E-state index is 4.98. The SMILES string of the molecule is CC(C)(c1[c-]c(-c2ccccn2)ccc1)C(C)(C)c1[c-]c2c3ncccc3c3nc4ccccc4n3c2cc1.[Pt+2]. The Morgan fingerprint density at radius 2 is 1.40 bits per heavy atom. The van der Waals surface area contributed by atoms with Gasteiger partial charge in [-0.1, -0.05) is 58.0 Å². The molecular weight excluding hydrogens is 671 g/mol. The number of imidazole rings is 1. The van der Waals surface area contributed by atoms with Gasteiger partial charge in [0.25, 0.3) is 0 Å². The molecule has 4 heterocycles. The van der Waals surface area contributed by atoms with Gasteiger partial charge in [0.1, 0.15) is 5.65 Å². The monoisotopic (exact) mass is 699 g/mol. The van der Waals surface area contributed by atoms with Crippen LogP contribution in [0.15, 0.2) is 97.3 Å². The molecule has 5 heteroatoms. The quantitative estimate of drug-likeness (QED) is 0.138. The fourth-order valence-corrected chi connectivity index (χ4v) is 5.63. The predicted molar refractivity (Wildman–Crippen MR) is 159 cm³/mol. The fourth-order valence-electron chi connectivity index (χ4n) is 5.63. The van der Waals surface area contributed by atoms with Crippen molar-refractivity contribution in [2.24, 2.45) is 0 Å². The van der Waals surface area contributed by atoms with E-state index in [0.717, 1.165) is 60.9 Å². The van der Waals surface area contributed by atoms with Crippen molar-refractivity contribution in [3.63, 3.8) is 0 Å². The Balaban J connectivity index is 0.00000289. The van der Waals surface area contributed by atoms with Crippen LogP contribution in [-0.2, 0) is 31.9 Å². The first-order valence-electron chi connectivity index (χ1n) is 13.3. The van der Waals surface area contributed by atoms with E-state index in [2.05, 4.69) is 104 Å². The van der Waals surface area contributed by atoms with Gasteiger partial charge in [0, 0.05) is 23.3 Å². The summed E-state index contributed by atoms with van der Waals surface area (Å²) >= 11 is 0. The van der Waals surface area contributed by atoms with Crippen molar-refractivity contribution in [3.05, 3.63) is 121 Å². The van der Waals surface area contributed by atoms with Crippen LogP contribution in [0.5, 0.6) is 0 Å². The molecule has 0 fully saturated rings. The number of aromatic nitrogens is 4. The van der Waals surface area contributed by atoms with Gasteiger partial charge in [-0.3, -0.25) is 0 Å². The molecule has 0 unspecified atom stereocenters. The number of pyridine rings is 3. The molecular formula is C35H28N4Pt. The van der Waals surface area contributed by atoms with Crippen LogP contribution < -0.4 is 0 Å². The van der Waals surface area contributed by atoms with Gasteiger partial charge in [0.2, 0.25) is 0 Å². The summed E-state index contributed by atoms with van der Waals surface area (Å²) in [4.78, 5) is 14.3. The van der Waals surface area contributed by atoms with Gasteiger partial charge in [-0.2, -0.15) is 0 Å². The minimum atomic E-state index is -0.270. The van der Waals surface area contributed by atoms with E-state index in [1.54, 1.807) is 0 Å². The number of benzene rings is 3. The molecule has 0 aliphatic heterocycles. The molecule has 4 aromatic heterocycles. The zero-order chi connectivity index (χ0) is 26.8. The molecule has 0 aliphatic rings. The summed E-state index contributed by atoms with van der Waals surface area (Å²) in [5, 5.41) is 2.04. The van der Waals surface area contributed by atoms with Gasteiger partial charge in [-0.15, -0.1) is 64.5 Å². The third-order valence-electron chi connectivity index (χ3n) is 8.66. The van der Waals surface area contributed by atoms with Gasteiger partial charge in [-0.05, 0) is 46.3 Å². The van der Waals surface area contributed by atoms with Gasteiger partial charge < -0.3 is 14.4 Å². The molecule has 198 valence electrons. The van der Waals surface area contributed by atoms with Crippen LogP contribution >= 0.6 is 0 Å². The first-order chi connectivity index (χ1) is 18.9. The van der Waals surface area contributed by atoms with E-state index in [-0.39, 0.29) is 31.9 Å². The van der Waals surface area contributed by atoms with Crippen molar-refractivity contribution in [2.45, 2.75) is 38.5 Å². The summed E-state index contributed by atoms with van der Waals surface area (Å²) in [6.07, 6.45) is 3.68. The largest absolute Gasteiger partial charge is 2.00 e. The minimum Gasteiger partial charge on any atom is -0.335 e. The summed E-state index contributed by atoms with van der Waals surface area (Å²) in [6, 6.07) is 36.7. The number of rotatable bonds is 4. The fraction of sp³-hybridized carbons (Fsp3) is 0.171. The maximum atomic E-state index is 4.98. The molecule has 0 atom stereocenters. The van der Waals surface area contributed by atoms with Crippen LogP contribution in [0.3, 0.4) is 0 Å². The van der Waals surface area contributed by atoms with Gasteiger partial charge >= 0.3 is 21.1 Å². The second-order valence-corrected chi connectivity index (χ2v) is 11.2. The summed E-state index contributed by atoms with van der Waals surface area (Å²) < 4.78 is 2.25. The zero-order valence-electron chi connectivity index (χ0n) is 22.8. The van der Waals surface area contributed by atoms with E-state index < -0.39 is 0 Å². The van der Waals surface area contributed by atoms with Crippen LogP contribution in [0, 0.1) is 12.1 Å². The number of nitrogens with zero attached hydrogens (tertiary/aromatic N) is 4. The Morgan fingerprint density at radius 3 is 2.20 bits per heavy atom. The van der Waals surface area contributed by atoms with Crippen molar-refractivity contribution in [3.8, 4) is 11.3 Å². The van der Waals surface area contributed by atoms with Gasteiger partial charge in [0.15, 0.2) is 0 Å². The van der Waals surface area contributed by atoms with E-state index in [4.69, 9.17) is 9.97 Å². The molecule has 3 aromatic carbocycles. The van der Waals surface area contributed by atoms with E-state index in [1.807, 2.05) is 42.7 Å². The molecule has 0 aliphatic carbocycles. The first kappa shape index (κ1) is 26.3. The third-order valence-corrected chi connectivity index (χ3v) is 8.66. The standard InChI is InChI=1S/C35H28N4.Pt/c1-34(2,24-12-9-11-23(21-24)28-14-7-8-19-36-28)35(3,4)25-17-18-30-27(22-25)32-26(13-10-20-37-32)33-38-29-15-5-6-16-31(29)39(30)33;/h5-20H,1-4H3;/q-2;+2. The summed E-state index contributed by atoms with van der Waals surface area (Å²) in [5.41, 5.74) is 8.66. The smallest absolute Gasteiger partial charge is 0.335 e.